The molecule has 2 rings (SSSR count). The second-order valence-electron chi connectivity index (χ2n) is 4.09. The molecule has 1 nitrogen and oxygen atoms in total. The molecule has 0 aliphatic carbocycles. The number of hydrogen-bond donors (Lipinski definition) is 1. The van der Waals surface area contributed by atoms with E-state index in [4.69, 9.17) is 11.6 Å². The van der Waals surface area contributed by atoms with E-state index >= 15 is 0 Å². The molecule has 19 heavy (non-hydrogen) atoms. The van der Waals surface area contributed by atoms with Gasteiger partial charge in [-0.15, -0.1) is 0 Å². The minimum absolute atomic E-state index is 0.0106. The van der Waals surface area contributed by atoms with Gasteiger partial charge in [0.25, 0.3) is 0 Å². The standard InChI is InChI=1S/C14H10BrClF2O/c15-9-4-5-11(17)8(6-9)7-13(19)14-10(16)2-1-3-12(14)18/h1-6,13,19H,7H2. The van der Waals surface area contributed by atoms with Crippen molar-refractivity contribution in [1.29, 1.82) is 0 Å². The third-order valence-electron chi connectivity index (χ3n) is 2.75. The lowest BCUT2D eigenvalue weighted by atomic mass is 10.0. The highest BCUT2D eigenvalue weighted by Gasteiger charge is 2.18. The molecule has 0 amide bonds. The van der Waals surface area contributed by atoms with Crippen molar-refractivity contribution in [1.82, 2.24) is 0 Å². The van der Waals surface area contributed by atoms with Crippen LogP contribution < -0.4 is 0 Å². The molecule has 100 valence electrons. The molecular formula is C14H10BrClF2O. The van der Waals surface area contributed by atoms with Crippen molar-refractivity contribution in [3.05, 3.63) is 68.7 Å². The Hall–Kier alpha value is -0.970. The van der Waals surface area contributed by atoms with Crippen molar-refractivity contribution in [2.45, 2.75) is 12.5 Å². The highest BCUT2D eigenvalue weighted by molar-refractivity contribution is 9.10. The average molecular weight is 348 g/mol. The summed E-state index contributed by atoms with van der Waals surface area (Å²) in [7, 11) is 0. The molecule has 2 aromatic rings. The van der Waals surface area contributed by atoms with Crippen molar-refractivity contribution in [2.24, 2.45) is 0 Å². The minimum atomic E-state index is -1.20. The fourth-order valence-electron chi connectivity index (χ4n) is 1.84. The van der Waals surface area contributed by atoms with E-state index in [9.17, 15) is 13.9 Å². The van der Waals surface area contributed by atoms with Gasteiger partial charge in [0.05, 0.1) is 6.10 Å². The van der Waals surface area contributed by atoms with Gasteiger partial charge in [0, 0.05) is 21.5 Å². The van der Waals surface area contributed by atoms with Crippen molar-refractivity contribution in [3.63, 3.8) is 0 Å². The topological polar surface area (TPSA) is 20.2 Å². The fraction of sp³-hybridized carbons (Fsp3) is 0.143. The van der Waals surface area contributed by atoms with Crippen molar-refractivity contribution >= 4 is 27.5 Å². The van der Waals surface area contributed by atoms with Gasteiger partial charge in [-0.1, -0.05) is 33.6 Å². The van der Waals surface area contributed by atoms with E-state index in [1.165, 1.54) is 24.3 Å². The van der Waals surface area contributed by atoms with Gasteiger partial charge in [-0.05, 0) is 35.9 Å². The molecule has 0 saturated heterocycles. The molecule has 0 heterocycles. The summed E-state index contributed by atoms with van der Waals surface area (Å²) < 4.78 is 27.9. The van der Waals surface area contributed by atoms with E-state index < -0.39 is 17.7 Å². The predicted octanol–water partition coefficient (Wildman–Crippen LogP) is 4.66. The van der Waals surface area contributed by atoms with Crippen molar-refractivity contribution in [2.75, 3.05) is 0 Å². The number of benzene rings is 2. The number of halogens is 4. The Morgan fingerprint density at radius 3 is 2.58 bits per heavy atom. The first-order chi connectivity index (χ1) is 8.99. The van der Waals surface area contributed by atoms with Crippen LogP contribution in [0.4, 0.5) is 8.78 Å². The van der Waals surface area contributed by atoms with Crippen LogP contribution >= 0.6 is 27.5 Å². The van der Waals surface area contributed by atoms with Crippen LogP contribution in [0.1, 0.15) is 17.2 Å². The highest BCUT2D eigenvalue weighted by atomic mass is 79.9. The van der Waals surface area contributed by atoms with E-state index in [-0.39, 0.29) is 17.0 Å². The second kappa shape index (κ2) is 5.99. The first-order valence-electron chi connectivity index (χ1n) is 5.55. The Morgan fingerprint density at radius 2 is 1.89 bits per heavy atom. The van der Waals surface area contributed by atoms with Gasteiger partial charge in [0.1, 0.15) is 11.6 Å². The highest BCUT2D eigenvalue weighted by Crippen LogP contribution is 2.29. The van der Waals surface area contributed by atoms with E-state index in [0.29, 0.717) is 10.0 Å². The fourth-order valence-corrected chi connectivity index (χ4v) is 2.54. The zero-order valence-corrected chi connectivity index (χ0v) is 12.0. The van der Waals surface area contributed by atoms with Crippen LogP contribution in [0.15, 0.2) is 40.9 Å². The smallest absolute Gasteiger partial charge is 0.130 e. The first kappa shape index (κ1) is 14.4. The van der Waals surface area contributed by atoms with Gasteiger partial charge >= 0.3 is 0 Å². The number of aliphatic hydroxyl groups is 1. The molecular weight excluding hydrogens is 338 g/mol. The minimum Gasteiger partial charge on any atom is -0.388 e. The summed E-state index contributed by atoms with van der Waals surface area (Å²) in [6.45, 7) is 0. The van der Waals surface area contributed by atoms with E-state index in [2.05, 4.69) is 15.9 Å². The largest absolute Gasteiger partial charge is 0.388 e. The lowest BCUT2D eigenvalue weighted by Crippen LogP contribution is -2.06. The maximum absolute atomic E-state index is 13.6. The summed E-state index contributed by atoms with van der Waals surface area (Å²) in [5.74, 6) is -1.05. The van der Waals surface area contributed by atoms with E-state index in [1.807, 2.05) is 0 Å². The Kier molecular flexibility index (Phi) is 4.55. The number of aliphatic hydroxyl groups excluding tert-OH is 1. The van der Waals surface area contributed by atoms with Gasteiger partial charge in [-0.3, -0.25) is 0 Å². The monoisotopic (exact) mass is 346 g/mol. The van der Waals surface area contributed by atoms with Crippen LogP contribution in [-0.2, 0) is 6.42 Å². The second-order valence-corrected chi connectivity index (χ2v) is 5.41. The molecule has 0 aromatic heterocycles. The Labute approximate surface area is 123 Å². The summed E-state index contributed by atoms with van der Waals surface area (Å²) in [5, 5.41) is 10.2. The Balaban J connectivity index is 2.31. The Morgan fingerprint density at radius 1 is 1.16 bits per heavy atom. The lowest BCUT2D eigenvalue weighted by molar-refractivity contribution is 0.172. The van der Waals surface area contributed by atoms with Crippen molar-refractivity contribution < 1.29 is 13.9 Å². The van der Waals surface area contributed by atoms with Gasteiger partial charge in [0.2, 0.25) is 0 Å². The summed E-state index contributed by atoms with van der Waals surface area (Å²) in [6, 6.07) is 8.54. The normalized spacial score (nSPS) is 12.5. The quantitative estimate of drug-likeness (QED) is 0.856. The summed E-state index contributed by atoms with van der Waals surface area (Å²) in [4.78, 5) is 0. The van der Waals surface area contributed by atoms with Gasteiger partial charge in [-0.25, -0.2) is 8.78 Å². The van der Waals surface area contributed by atoms with Crippen LogP contribution in [-0.4, -0.2) is 5.11 Å². The molecule has 1 unspecified atom stereocenters. The van der Waals surface area contributed by atoms with Crippen LogP contribution in [0.2, 0.25) is 5.02 Å². The molecule has 0 radical (unpaired) electrons. The maximum atomic E-state index is 13.6. The summed E-state index contributed by atoms with van der Waals surface area (Å²) >= 11 is 9.08. The lowest BCUT2D eigenvalue weighted by Gasteiger charge is -2.14. The zero-order chi connectivity index (χ0) is 14.0. The Bertz CT molecular complexity index is 584. The van der Waals surface area contributed by atoms with Crippen LogP contribution in [0.3, 0.4) is 0 Å². The molecule has 2 aromatic carbocycles. The van der Waals surface area contributed by atoms with E-state index in [0.717, 1.165) is 0 Å². The molecule has 0 aliphatic rings. The summed E-state index contributed by atoms with van der Waals surface area (Å²) in [5.41, 5.74) is 0.282. The molecule has 0 fully saturated rings. The SMILES string of the molecule is OC(Cc1cc(Br)ccc1F)c1c(F)cccc1Cl. The van der Waals surface area contributed by atoms with Crippen LogP contribution in [0, 0.1) is 11.6 Å². The molecule has 0 aliphatic heterocycles. The number of hydrogen-bond acceptors (Lipinski definition) is 1. The van der Waals surface area contributed by atoms with Crippen LogP contribution in [0.25, 0.3) is 0 Å². The molecule has 5 heteroatoms. The predicted molar refractivity (Wildman–Crippen MR) is 74.2 cm³/mol. The molecule has 0 saturated carbocycles. The summed E-state index contributed by atoms with van der Waals surface area (Å²) in [6.07, 6.45) is -1.25. The van der Waals surface area contributed by atoms with E-state index in [1.54, 1.807) is 12.1 Å². The number of rotatable bonds is 3. The zero-order valence-electron chi connectivity index (χ0n) is 9.71. The average Bonchev–Trinajstić information content (AvgIpc) is 2.33. The van der Waals surface area contributed by atoms with Crippen LogP contribution in [0.5, 0.6) is 0 Å². The van der Waals surface area contributed by atoms with Crippen molar-refractivity contribution in [3.8, 4) is 0 Å². The molecule has 0 spiro atoms. The van der Waals surface area contributed by atoms with Gasteiger partial charge in [-0.2, -0.15) is 0 Å². The third-order valence-corrected chi connectivity index (χ3v) is 3.58. The van der Waals surface area contributed by atoms with Gasteiger partial charge in [0.15, 0.2) is 0 Å². The molecule has 1 N–H and O–H groups in total. The maximum Gasteiger partial charge on any atom is 0.130 e. The third kappa shape index (κ3) is 3.32. The molecule has 1 atom stereocenters. The first-order valence-corrected chi connectivity index (χ1v) is 6.72. The molecule has 0 bridgehead atoms. The van der Waals surface area contributed by atoms with Gasteiger partial charge < -0.3 is 5.11 Å².